The van der Waals surface area contributed by atoms with Crippen LogP contribution in [-0.4, -0.2) is 45.2 Å². The number of methoxy groups -OCH3 is 3. The first-order valence-electron chi connectivity index (χ1n) is 14.9. The summed E-state index contributed by atoms with van der Waals surface area (Å²) in [5.74, 6) is -1.06. The molecular formula is C36H38O10. The number of ether oxygens (including phenoxy) is 7. The van der Waals surface area contributed by atoms with E-state index >= 15 is 0 Å². The predicted molar refractivity (Wildman–Crippen MR) is 170 cm³/mol. The number of carbonyl (C=O) groups excluding carboxylic acids is 2. The molecule has 0 fully saturated rings. The van der Waals surface area contributed by atoms with Crippen LogP contribution in [0.3, 0.4) is 0 Å². The van der Waals surface area contributed by atoms with Crippen LogP contribution < -0.4 is 23.7 Å². The lowest BCUT2D eigenvalue weighted by molar-refractivity contribution is -0.155. The van der Waals surface area contributed by atoms with Gasteiger partial charge in [-0.2, -0.15) is 0 Å². The molecule has 3 aromatic carbocycles. The number of allylic oxidation sites excluding steroid dienone is 1. The van der Waals surface area contributed by atoms with Gasteiger partial charge in [0, 0.05) is 45.7 Å². The molecule has 10 heteroatoms. The second-order valence-electron chi connectivity index (χ2n) is 11.2. The number of fused-ring (bicyclic) bond motifs is 4. The SMILES string of the molecule is C/C=C(\C)C(=O)O[C@@H]1c2cc(OC)c(OC)c(O)c2-c2c(cc3c(c2OC)OCO3)[C@H](OC(=O)/C=C/c2ccccc2)[C@@H](C)[C@@H]1C. The molecule has 0 spiro atoms. The zero-order valence-corrected chi connectivity index (χ0v) is 26.9. The molecule has 0 radical (unpaired) electrons. The van der Waals surface area contributed by atoms with Gasteiger partial charge in [-0.3, -0.25) is 0 Å². The highest BCUT2D eigenvalue weighted by atomic mass is 16.7. The number of benzene rings is 3. The number of hydrogen-bond donors (Lipinski definition) is 1. The molecule has 0 amide bonds. The van der Waals surface area contributed by atoms with Crippen molar-refractivity contribution in [2.75, 3.05) is 28.1 Å². The molecule has 5 rings (SSSR count). The normalized spacial score (nSPS) is 20.2. The van der Waals surface area contributed by atoms with Crippen molar-refractivity contribution in [1.82, 2.24) is 0 Å². The number of phenolic OH excluding ortho intramolecular Hbond substituents is 1. The molecule has 10 nitrogen and oxygen atoms in total. The standard InChI is InChI=1S/C36H38O10/c1-8-19(2)36(39)46-32-21(4)20(3)31(45-27(37)15-14-22-12-10-9-11-13-22)24-17-26-34(44-18-43-26)35(42-7)29(24)28-23(32)16-25(40-5)33(41-6)30(28)38/h8-17,20-21,31-32,38H,18H2,1-7H3/b15-14+,19-8+/t20-,21-,31+,32-/m0/s1. The van der Waals surface area contributed by atoms with Gasteiger partial charge >= 0.3 is 11.9 Å². The largest absolute Gasteiger partial charge is 0.504 e. The quantitative estimate of drug-likeness (QED) is 0.207. The maximum absolute atomic E-state index is 13.4. The molecule has 1 aliphatic heterocycles. The summed E-state index contributed by atoms with van der Waals surface area (Å²) in [6.07, 6.45) is 2.85. The van der Waals surface area contributed by atoms with E-state index in [0.717, 1.165) is 5.56 Å². The van der Waals surface area contributed by atoms with Gasteiger partial charge in [-0.05, 0) is 37.6 Å². The van der Waals surface area contributed by atoms with Crippen LogP contribution in [-0.2, 0) is 19.1 Å². The molecule has 0 unspecified atom stereocenters. The Balaban J connectivity index is 1.80. The minimum atomic E-state index is -0.928. The van der Waals surface area contributed by atoms with Crippen molar-refractivity contribution in [2.45, 2.75) is 39.9 Å². The summed E-state index contributed by atoms with van der Waals surface area (Å²) < 4.78 is 41.1. The third-order valence-corrected chi connectivity index (χ3v) is 8.62. The molecule has 4 atom stereocenters. The van der Waals surface area contributed by atoms with E-state index in [4.69, 9.17) is 33.2 Å². The van der Waals surface area contributed by atoms with Crippen LogP contribution >= 0.6 is 0 Å². The smallest absolute Gasteiger partial charge is 0.333 e. The van der Waals surface area contributed by atoms with Crippen molar-refractivity contribution in [3.63, 3.8) is 0 Å². The maximum atomic E-state index is 13.4. The van der Waals surface area contributed by atoms with E-state index < -0.39 is 36.0 Å². The summed E-state index contributed by atoms with van der Waals surface area (Å²) in [7, 11) is 4.33. The summed E-state index contributed by atoms with van der Waals surface area (Å²) in [5.41, 5.74) is 2.80. The Kier molecular flexibility index (Phi) is 9.46. The Hall–Kier alpha value is -5.12. The molecule has 242 valence electrons. The highest BCUT2D eigenvalue weighted by molar-refractivity contribution is 5.91. The van der Waals surface area contributed by atoms with E-state index in [0.29, 0.717) is 33.8 Å². The van der Waals surface area contributed by atoms with Crippen molar-refractivity contribution < 1.29 is 47.9 Å². The van der Waals surface area contributed by atoms with Crippen molar-refractivity contribution >= 4 is 18.0 Å². The van der Waals surface area contributed by atoms with Gasteiger partial charge < -0.3 is 38.3 Å². The second kappa shape index (κ2) is 13.5. The van der Waals surface area contributed by atoms with Crippen LogP contribution in [0, 0.1) is 11.8 Å². The van der Waals surface area contributed by atoms with Gasteiger partial charge in [0.25, 0.3) is 0 Å². The van der Waals surface area contributed by atoms with Gasteiger partial charge in [0.15, 0.2) is 23.0 Å². The van der Waals surface area contributed by atoms with E-state index in [1.54, 1.807) is 38.1 Å². The summed E-state index contributed by atoms with van der Waals surface area (Å²) in [4.78, 5) is 26.7. The third kappa shape index (κ3) is 5.82. The Labute approximate surface area is 268 Å². The lowest BCUT2D eigenvalue weighted by Gasteiger charge is -2.38. The number of aromatic hydroxyl groups is 1. The average molecular weight is 631 g/mol. The Morgan fingerprint density at radius 2 is 1.52 bits per heavy atom. The van der Waals surface area contributed by atoms with E-state index in [9.17, 15) is 14.7 Å². The van der Waals surface area contributed by atoms with E-state index in [2.05, 4.69) is 0 Å². The topological polar surface area (TPSA) is 119 Å². The first kappa shape index (κ1) is 32.3. The van der Waals surface area contributed by atoms with Gasteiger partial charge in [-0.15, -0.1) is 0 Å². The highest BCUT2D eigenvalue weighted by Crippen LogP contribution is 2.60. The molecule has 46 heavy (non-hydrogen) atoms. The van der Waals surface area contributed by atoms with Gasteiger partial charge in [-0.25, -0.2) is 9.59 Å². The van der Waals surface area contributed by atoms with Crippen molar-refractivity contribution in [2.24, 2.45) is 11.8 Å². The van der Waals surface area contributed by atoms with Gasteiger partial charge in [-0.1, -0.05) is 50.3 Å². The zero-order chi connectivity index (χ0) is 33.1. The number of phenols is 1. The molecule has 1 aliphatic carbocycles. The lowest BCUT2D eigenvalue weighted by Crippen LogP contribution is -2.31. The summed E-state index contributed by atoms with van der Waals surface area (Å²) in [5, 5.41) is 11.9. The maximum Gasteiger partial charge on any atom is 0.333 e. The summed E-state index contributed by atoms with van der Waals surface area (Å²) in [6.45, 7) is 7.17. The van der Waals surface area contributed by atoms with Crippen LogP contribution in [0.5, 0.6) is 34.5 Å². The van der Waals surface area contributed by atoms with Crippen LogP contribution in [0.1, 0.15) is 56.6 Å². The summed E-state index contributed by atoms with van der Waals surface area (Å²) >= 11 is 0. The first-order chi connectivity index (χ1) is 22.1. The van der Waals surface area contributed by atoms with Gasteiger partial charge in [0.1, 0.15) is 12.2 Å². The van der Waals surface area contributed by atoms with Crippen molar-refractivity contribution in [3.05, 3.63) is 76.9 Å². The van der Waals surface area contributed by atoms with Crippen LogP contribution in [0.15, 0.2) is 60.2 Å². The highest BCUT2D eigenvalue weighted by Gasteiger charge is 2.44. The van der Waals surface area contributed by atoms with E-state index in [1.807, 2.05) is 44.2 Å². The first-order valence-corrected chi connectivity index (χ1v) is 14.9. The van der Waals surface area contributed by atoms with Gasteiger partial charge in [0.05, 0.1) is 21.3 Å². The number of carbonyl (C=O) groups is 2. The Bertz CT molecular complexity index is 1690. The van der Waals surface area contributed by atoms with Crippen LogP contribution in [0.4, 0.5) is 0 Å². The van der Waals surface area contributed by atoms with Gasteiger partial charge in [0.2, 0.25) is 18.3 Å². The van der Waals surface area contributed by atoms with E-state index in [-0.39, 0.29) is 35.4 Å². The second-order valence-corrected chi connectivity index (χ2v) is 11.2. The fourth-order valence-electron chi connectivity index (χ4n) is 5.87. The molecule has 2 aliphatic rings. The fourth-order valence-corrected chi connectivity index (χ4v) is 5.87. The number of esters is 2. The molecular weight excluding hydrogens is 592 g/mol. The average Bonchev–Trinajstić information content (AvgIpc) is 3.55. The molecule has 0 saturated heterocycles. The van der Waals surface area contributed by atoms with E-state index in [1.165, 1.54) is 27.4 Å². The van der Waals surface area contributed by atoms with Crippen LogP contribution in [0.25, 0.3) is 17.2 Å². The number of rotatable bonds is 8. The molecule has 0 bridgehead atoms. The zero-order valence-electron chi connectivity index (χ0n) is 26.9. The Morgan fingerprint density at radius 3 is 2.15 bits per heavy atom. The molecule has 1 N–H and O–H groups in total. The van der Waals surface area contributed by atoms with Crippen molar-refractivity contribution in [3.8, 4) is 45.6 Å². The molecule has 0 aromatic heterocycles. The Morgan fingerprint density at radius 1 is 0.870 bits per heavy atom. The molecule has 3 aromatic rings. The minimum absolute atomic E-state index is 0.0571. The summed E-state index contributed by atoms with van der Waals surface area (Å²) in [6, 6.07) is 12.8. The third-order valence-electron chi connectivity index (χ3n) is 8.62. The molecule has 0 saturated carbocycles. The van der Waals surface area contributed by atoms with Crippen LogP contribution in [0.2, 0.25) is 0 Å². The van der Waals surface area contributed by atoms with Crippen molar-refractivity contribution in [1.29, 1.82) is 0 Å². The number of hydrogen-bond acceptors (Lipinski definition) is 10. The minimum Gasteiger partial charge on any atom is -0.504 e. The fraction of sp³-hybridized carbons (Fsp3) is 0.333. The molecule has 1 heterocycles. The lowest BCUT2D eigenvalue weighted by atomic mass is 9.74. The predicted octanol–water partition coefficient (Wildman–Crippen LogP) is 6.95. The monoisotopic (exact) mass is 630 g/mol.